The van der Waals surface area contributed by atoms with E-state index in [0.29, 0.717) is 27.6 Å². The number of carboxylic acids is 1. The number of hydrogen-bond donors (Lipinski definition) is 1. The van der Waals surface area contributed by atoms with E-state index in [2.05, 4.69) is 15.1 Å². The van der Waals surface area contributed by atoms with Crippen molar-refractivity contribution in [1.29, 1.82) is 0 Å². The van der Waals surface area contributed by atoms with E-state index >= 15 is 0 Å². The first-order valence-electron chi connectivity index (χ1n) is 6.76. The fourth-order valence-electron chi connectivity index (χ4n) is 2.49. The van der Waals surface area contributed by atoms with Gasteiger partial charge >= 0.3 is 5.97 Å². The summed E-state index contributed by atoms with van der Waals surface area (Å²) in [5, 5.41) is 14.1. The summed E-state index contributed by atoms with van der Waals surface area (Å²) >= 11 is 6.20. The lowest BCUT2D eigenvalue weighted by Gasteiger charge is -2.07. The molecule has 0 aliphatic carbocycles. The molecular weight excluding hydrogens is 318 g/mol. The summed E-state index contributed by atoms with van der Waals surface area (Å²) in [6, 6.07) is 3.58. The van der Waals surface area contributed by atoms with Crippen molar-refractivity contribution >= 4 is 28.9 Å². The van der Waals surface area contributed by atoms with E-state index in [1.165, 1.54) is 10.7 Å². The van der Waals surface area contributed by atoms with Crippen LogP contribution in [0.2, 0.25) is 5.02 Å². The van der Waals surface area contributed by atoms with Crippen LogP contribution in [0.4, 0.5) is 0 Å². The van der Waals surface area contributed by atoms with Crippen LogP contribution in [0.5, 0.6) is 0 Å². The molecule has 0 saturated heterocycles. The van der Waals surface area contributed by atoms with Gasteiger partial charge in [-0.2, -0.15) is 5.10 Å². The first kappa shape index (κ1) is 13.7. The van der Waals surface area contributed by atoms with E-state index < -0.39 is 5.97 Å². The molecule has 0 spiro atoms. The SMILES string of the molecule is Cc1nn2cc(C(=O)O)c(-c3ccc4nccn4c3)nc2c1Cl. The van der Waals surface area contributed by atoms with Crippen molar-refractivity contribution < 1.29 is 9.90 Å². The van der Waals surface area contributed by atoms with Gasteiger partial charge in [0.05, 0.1) is 11.4 Å². The minimum absolute atomic E-state index is 0.0520. The maximum absolute atomic E-state index is 11.6. The molecule has 23 heavy (non-hydrogen) atoms. The van der Waals surface area contributed by atoms with Crippen LogP contribution in [-0.2, 0) is 0 Å². The summed E-state index contributed by atoms with van der Waals surface area (Å²) in [6.45, 7) is 1.74. The number of nitrogens with zero attached hydrogens (tertiary/aromatic N) is 5. The molecule has 114 valence electrons. The number of halogens is 1. The first-order chi connectivity index (χ1) is 11.0. The van der Waals surface area contributed by atoms with Crippen molar-refractivity contribution in [2.45, 2.75) is 6.92 Å². The third-order valence-electron chi connectivity index (χ3n) is 3.61. The number of aromatic nitrogens is 5. The second-order valence-corrected chi connectivity index (χ2v) is 5.46. The minimum Gasteiger partial charge on any atom is -0.478 e. The standard InChI is InChI=1S/C15H10ClN5O2/c1-8-12(16)14-18-13(10(15(22)23)7-21(14)19-8)9-2-3-11-17-4-5-20(11)6-9/h2-7H,1H3,(H,22,23). The molecule has 0 amide bonds. The van der Waals surface area contributed by atoms with Gasteiger partial charge in [0.1, 0.15) is 16.2 Å². The molecule has 0 saturated carbocycles. The molecule has 0 aliphatic rings. The van der Waals surface area contributed by atoms with Gasteiger partial charge < -0.3 is 9.51 Å². The Bertz CT molecular complexity index is 1080. The van der Waals surface area contributed by atoms with Crippen LogP contribution in [0.3, 0.4) is 0 Å². The Morgan fingerprint density at radius 3 is 2.91 bits per heavy atom. The molecule has 4 aromatic rings. The predicted molar refractivity (Wildman–Crippen MR) is 83.9 cm³/mol. The maximum Gasteiger partial charge on any atom is 0.339 e. The van der Waals surface area contributed by atoms with Gasteiger partial charge in [-0.15, -0.1) is 0 Å². The fraction of sp³-hybridized carbons (Fsp3) is 0.0667. The van der Waals surface area contributed by atoms with Crippen LogP contribution in [-0.4, -0.2) is 35.1 Å². The molecule has 4 aromatic heterocycles. The zero-order chi connectivity index (χ0) is 16.1. The van der Waals surface area contributed by atoms with E-state index in [4.69, 9.17) is 11.6 Å². The van der Waals surface area contributed by atoms with Gasteiger partial charge in [0.25, 0.3) is 0 Å². The lowest BCUT2D eigenvalue weighted by molar-refractivity contribution is 0.0696. The molecule has 1 N–H and O–H groups in total. The molecule has 8 heteroatoms. The van der Waals surface area contributed by atoms with E-state index in [1.807, 2.05) is 0 Å². The number of hydrogen-bond acceptors (Lipinski definition) is 4. The average Bonchev–Trinajstić information content (AvgIpc) is 3.10. The number of carbonyl (C=O) groups is 1. The third kappa shape index (κ3) is 2.05. The number of aryl methyl sites for hydroxylation is 1. The van der Waals surface area contributed by atoms with Gasteiger partial charge in [-0.1, -0.05) is 11.6 Å². The van der Waals surface area contributed by atoms with Crippen LogP contribution < -0.4 is 0 Å². The smallest absolute Gasteiger partial charge is 0.339 e. The molecule has 0 aliphatic heterocycles. The molecular formula is C15H10ClN5O2. The van der Waals surface area contributed by atoms with Crippen molar-refractivity contribution in [3.05, 3.63) is 53.2 Å². The van der Waals surface area contributed by atoms with Crippen molar-refractivity contribution in [2.24, 2.45) is 0 Å². The molecule has 0 unspecified atom stereocenters. The van der Waals surface area contributed by atoms with Crippen LogP contribution in [0.15, 0.2) is 36.9 Å². The number of aromatic carboxylic acids is 1. The van der Waals surface area contributed by atoms with E-state index in [1.54, 1.807) is 42.0 Å². The highest BCUT2D eigenvalue weighted by Crippen LogP contribution is 2.27. The maximum atomic E-state index is 11.6. The molecule has 7 nitrogen and oxygen atoms in total. The van der Waals surface area contributed by atoms with Gasteiger partial charge in [0.15, 0.2) is 5.65 Å². The Kier molecular flexibility index (Phi) is 2.85. The number of rotatable bonds is 2. The van der Waals surface area contributed by atoms with Crippen LogP contribution in [0.1, 0.15) is 16.1 Å². The molecule has 0 radical (unpaired) electrons. The number of pyridine rings is 1. The Morgan fingerprint density at radius 1 is 1.30 bits per heavy atom. The Hall–Kier alpha value is -2.93. The quantitative estimate of drug-likeness (QED) is 0.612. The van der Waals surface area contributed by atoms with Gasteiger partial charge in [-0.3, -0.25) is 0 Å². The highest BCUT2D eigenvalue weighted by Gasteiger charge is 2.19. The fourth-order valence-corrected chi connectivity index (χ4v) is 2.66. The zero-order valence-corrected chi connectivity index (χ0v) is 12.7. The molecule has 4 rings (SSSR count). The number of imidazole rings is 1. The van der Waals surface area contributed by atoms with E-state index in [-0.39, 0.29) is 5.56 Å². The third-order valence-corrected chi connectivity index (χ3v) is 4.05. The predicted octanol–water partition coefficient (Wildman–Crippen LogP) is 2.70. The van der Waals surface area contributed by atoms with Gasteiger partial charge in [-0.25, -0.2) is 19.3 Å². The number of fused-ring (bicyclic) bond motifs is 2. The minimum atomic E-state index is -1.08. The van der Waals surface area contributed by atoms with Crippen molar-refractivity contribution in [3.63, 3.8) is 0 Å². The molecule has 0 atom stereocenters. The van der Waals surface area contributed by atoms with Gasteiger partial charge in [0, 0.05) is 30.4 Å². The molecule has 0 fully saturated rings. The highest BCUT2D eigenvalue weighted by molar-refractivity contribution is 6.34. The monoisotopic (exact) mass is 327 g/mol. The molecule has 0 bridgehead atoms. The zero-order valence-electron chi connectivity index (χ0n) is 11.9. The summed E-state index contributed by atoms with van der Waals surface area (Å²) in [7, 11) is 0. The first-order valence-corrected chi connectivity index (χ1v) is 7.14. The largest absolute Gasteiger partial charge is 0.478 e. The lowest BCUT2D eigenvalue weighted by atomic mass is 10.1. The molecule has 0 aromatic carbocycles. The topological polar surface area (TPSA) is 84.8 Å². The lowest BCUT2D eigenvalue weighted by Crippen LogP contribution is -2.06. The Morgan fingerprint density at radius 2 is 2.13 bits per heavy atom. The highest BCUT2D eigenvalue weighted by atomic mass is 35.5. The van der Waals surface area contributed by atoms with Gasteiger partial charge in [0.2, 0.25) is 0 Å². The van der Waals surface area contributed by atoms with Crippen LogP contribution in [0.25, 0.3) is 22.6 Å². The second kappa shape index (κ2) is 4.79. The second-order valence-electron chi connectivity index (χ2n) is 5.09. The summed E-state index contributed by atoms with van der Waals surface area (Å²) in [6.07, 6.45) is 6.67. The van der Waals surface area contributed by atoms with Crippen molar-refractivity contribution in [2.75, 3.05) is 0 Å². The summed E-state index contributed by atoms with van der Waals surface area (Å²) in [5.41, 5.74) is 2.83. The van der Waals surface area contributed by atoms with Crippen molar-refractivity contribution in [1.82, 2.24) is 24.0 Å². The van der Waals surface area contributed by atoms with Crippen LogP contribution >= 0.6 is 11.6 Å². The number of carboxylic acid groups (broad SMARTS) is 1. The summed E-state index contributed by atoms with van der Waals surface area (Å²) < 4.78 is 3.19. The summed E-state index contributed by atoms with van der Waals surface area (Å²) in [5.74, 6) is -1.08. The average molecular weight is 328 g/mol. The van der Waals surface area contributed by atoms with Crippen LogP contribution in [0, 0.1) is 6.92 Å². The Balaban J connectivity index is 2.04. The summed E-state index contributed by atoms with van der Waals surface area (Å²) in [4.78, 5) is 20.2. The van der Waals surface area contributed by atoms with Gasteiger partial charge in [-0.05, 0) is 19.1 Å². The van der Waals surface area contributed by atoms with E-state index in [9.17, 15) is 9.90 Å². The van der Waals surface area contributed by atoms with Crippen molar-refractivity contribution in [3.8, 4) is 11.3 Å². The van der Waals surface area contributed by atoms with E-state index in [0.717, 1.165) is 5.65 Å². The Labute approximate surface area is 134 Å². The molecule has 4 heterocycles. The normalized spacial score (nSPS) is 11.4.